The van der Waals surface area contributed by atoms with Crippen molar-refractivity contribution in [1.29, 1.82) is 0 Å². The van der Waals surface area contributed by atoms with Crippen molar-refractivity contribution in [2.45, 2.75) is 32.4 Å². The highest BCUT2D eigenvalue weighted by Gasteiger charge is 2.15. The molecule has 1 aliphatic heterocycles. The molecule has 0 saturated heterocycles. The van der Waals surface area contributed by atoms with Gasteiger partial charge in [0, 0.05) is 33.7 Å². The van der Waals surface area contributed by atoms with E-state index in [1.54, 1.807) is 11.3 Å². The van der Waals surface area contributed by atoms with Crippen LogP contribution in [0.4, 0.5) is 0 Å². The van der Waals surface area contributed by atoms with Crippen LogP contribution in [0.5, 0.6) is 5.75 Å². The topological polar surface area (TPSA) is 21.3 Å². The van der Waals surface area contributed by atoms with Gasteiger partial charge in [0.15, 0.2) is 0 Å². The van der Waals surface area contributed by atoms with Gasteiger partial charge in [-0.1, -0.05) is 19.1 Å². The van der Waals surface area contributed by atoms with E-state index in [1.807, 2.05) is 0 Å². The molecule has 1 aromatic heterocycles. The fraction of sp³-hybridized carbons (Fsp3) is 0.375. The number of thiophene rings is 1. The molecule has 106 valence electrons. The van der Waals surface area contributed by atoms with E-state index in [0.717, 1.165) is 31.7 Å². The first-order chi connectivity index (χ1) is 9.76. The predicted molar refractivity (Wildman–Crippen MR) is 87.5 cm³/mol. The maximum Gasteiger partial charge on any atom is 0.122 e. The summed E-state index contributed by atoms with van der Waals surface area (Å²) in [6.07, 6.45) is 2.13. The zero-order valence-electron chi connectivity index (χ0n) is 11.5. The highest BCUT2D eigenvalue weighted by molar-refractivity contribution is 9.10. The van der Waals surface area contributed by atoms with Crippen molar-refractivity contribution in [2.75, 3.05) is 6.61 Å². The Kier molecular flexibility index (Phi) is 4.44. The zero-order valence-corrected chi connectivity index (χ0v) is 13.9. The second-order valence-electron chi connectivity index (χ2n) is 5.04. The number of benzene rings is 1. The summed E-state index contributed by atoms with van der Waals surface area (Å²) in [6, 6.07) is 9.19. The number of rotatable bonds is 5. The standard InChI is InChI=1S/C16H18BrNOS/c1-2-15(18-9-14-8-13(17)10-20-14)11-3-4-16-12(7-11)5-6-19-16/h3-4,7-8,10,15,18H,2,5-6,9H2,1H3. The molecule has 2 aromatic rings. The quantitative estimate of drug-likeness (QED) is 0.843. The minimum Gasteiger partial charge on any atom is -0.493 e. The number of fused-ring (bicyclic) bond motifs is 1. The molecule has 1 N–H and O–H groups in total. The van der Waals surface area contributed by atoms with Crippen molar-refractivity contribution >= 4 is 27.3 Å². The summed E-state index contributed by atoms with van der Waals surface area (Å²) in [5.41, 5.74) is 2.72. The molecule has 2 nitrogen and oxygen atoms in total. The van der Waals surface area contributed by atoms with Crippen LogP contribution in [0.1, 0.15) is 35.4 Å². The molecule has 2 heterocycles. The molecule has 0 spiro atoms. The maximum absolute atomic E-state index is 5.57. The van der Waals surface area contributed by atoms with Crippen LogP contribution in [-0.4, -0.2) is 6.61 Å². The van der Waals surface area contributed by atoms with E-state index in [4.69, 9.17) is 4.74 Å². The van der Waals surface area contributed by atoms with Gasteiger partial charge in [-0.2, -0.15) is 0 Å². The Hall–Kier alpha value is -0.840. The second-order valence-corrected chi connectivity index (χ2v) is 6.95. The van der Waals surface area contributed by atoms with Gasteiger partial charge in [0.05, 0.1) is 6.61 Å². The molecule has 4 heteroatoms. The van der Waals surface area contributed by atoms with Gasteiger partial charge < -0.3 is 10.1 Å². The van der Waals surface area contributed by atoms with Gasteiger partial charge in [-0.25, -0.2) is 0 Å². The van der Waals surface area contributed by atoms with Crippen molar-refractivity contribution in [3.8, 4) is 5.75 Å². The Morgan fingerprint density at radius 1 is 1.40 bits per heavy atom. The highest BCUT2D eigenvalue weighted by Crippen LogP contribution is 2.29. The SMILES string of the molecule is CCC(NCc1cc(Br)cs1)c1ccc2c(c1)CCO2. The van der Waals surface area contributed by atoms with Gasteiger partial charge in [-0.05, 0) is 45.6 Å². The average Bonchev–Trinajstić information content (AvgIpc) is 3.07. The van der Waals surface area contributed by atoms with E-state index < -0.39 is 0 Å². The van der Waals surface area contributed by atoms with Gasteiger partial charge in [0.1, 0.15) is 5.75 Å². The number of hydrogen-bond donors (Lipinski definition) is 1. The molecular weight excluding hydrogens is 334 g/mol. The van der Waals surface area contributed by atoms with E-state index in [1.165, 1.54) is 20.5 Å². The highest BCUT2D eigenvalue weighted by atomic mass is 79.9. The predicted octanol–water partition coefficient (Wildman–Crippen LogP) is 4.69. The van der Waals surface area contributed by atoms with Gasteiger partial charge >= 0.3 is 0 Å². The fourth-order valence-corrected chi connectivity index (χ4v) is 3.99. The largest absolute Gasteiger partial charge is 0.493 e. The van der Waals surface area contributed by atoms with Gasteiger partial charge in [0.2, 0.25) is 0 Å². The van der Waals surface area contributed by atoms with E-state index in [0.29, 0.717) is 6.04 Å². The third kappa shape index (κ3) is 3.08. The minimum absolute atomic E-state index is 0.404. The minimum atomic E-state index is 0.404. The Labute approximate surface area is 132 Å². The third-order valence-corrected chi connectivity index (χ3v) is 5.37. The summed E-state index contributed by atoms with van der Waals surface area (Å²) in [6.45, 7) is 3.97. The zero-order chi connectivity index (χ0) is 13.9. The first kappa shape index (κ1) is 14.1. The first-order valence-corrected chi connectivity index (χ1v) is 8.65. The summed E-state index contributed by atoms with van der Waals surface area (Å²) >= 11 is 5.29. The summed E-state index contributed by atoms with van der Waals surface area (Å²) in [4.78, 5) is 1.36. The molecule has 0 bridgehead atoms. The van der Waals surface area contributed by atoms with Crippen LogP contribution in [-0.2, 0) is 13.0 Å². The van der Waals surface area contributed by atoms with Crippen molar-refractivity contribution in [2.24, 2.45) is 0 Å². The van der Waals surface area contributed by atoms with E-state index >= 15 is 0 Å². The van der Waals surface area contributed by atoms with Gasteiger partial charge in [0.25, 0.3) is 0 Å². The number of hydrogen-bond acceptors (Lipinski definition) is 3. The van der Waals surface area contributed by atoms with Crippen molar-refractivity contribution in [1.82, 2.24) is 5.32 Å². The summed E-state index contributed by atoms with van der Waals surface area (Å²) in [5.74, 6) is 1.06. The van der Waals surface area contributed by atoms with Crippen LogP contribution in [0.15, 0.2) is 34.1 Å². The van der Waals surface area contributed by atoms with Crippen LogP contribution < -0.4 is 10.1 Å². The summed E-state index contributed by atoms with van der Waals surface area (Å²) in [7, 11) is 0. The molecule has 0 aliphatic carbocycles. The van der Waals surface area contributed by atoms with E-state index in [-0.39, 0.29) is 0 Å². The molecule has 1 aliphatic rings. The smallest absolute Gasteiger partial charge is 0.122 e. The molecular formula is C16H18BrNOS. The number of ether oxygens (including phenoxy) is 1. The Bertz CT molecular complexity index is 596. The molecule has 1 unspecified atom stereocenters. The molecule has 3 rings (SSSR count). The van der Waals surface area contributed by atoms with Crippen LogP contribution in [0.2, 0.25) is 0 Å². The third-order valence-electron chi connectivity index (χ3n) is 3.67. The maximum atomic E-state index is 5.57. The number of halogens is 1. The average molecular weight is 352 g/mol. The normalized spacial score (nSPS) is 14.9. The molecule has 0 amide bonds. The van der Waals surface area contributed by atoms with Gasteiger partial charge in [-0.15, -0.1) is 11.3 Å². The second kappa shape index (κ2) is 6.29. The molecule has 0 fully saturated rings. The monoisotopic (exact) mass is 351 g/mol. The lowest BCUT2D eigenvalue weighted by Gasteiger charge is -2.17. The Morgan fingerprint density at radius 2 is 2.30 bits per heavy atom. The molecule has 1 atom stereocenters. The molecule has 20 heavy (non-hydrogen) atoms. The van der Waals surface area contributed by atoms with Crippen LogP contribution in [0.25, 0.3) is 0 Å². The summed E-state index contributed by atoms with van der Waals surface area (Å²) in [5, 5.41) is 5.78. The van der Waals surface area contributed by atoms with E-state index in [9.17, 15) is 0 Å². The number of nitrogens with one attached hydrogen (secondary N) is 1. The Morgan fingerprint density at radius 3 is 3.05 bits per heavy atom. The van der Waals surface area contributed by atoms with E-state index in [2.05, 4.69) is 57.8 Å². The fourth-order valence-electron chi connectivity index (χ4n) is 2.59. The lowest BCUT2D eigenvalue weighted by molar-refractivity contribution is 0.356. The van der Waals surface area contributed by atoms with Crippen LogP contribution in [0.3, 0.4) is 0 Å². The molecule has 0 saturated carbocycles. The molecule has 1 aromatic carbocycles. The summed E-state index contributed by atoms with van der Waals surface area (Å²) < 4.78 is 6.74. The van der Waals surface area contributed by atoms with Crippen LogP contribution in [0, 0.1) is 0 Å². The van der Waals surface area contributed by atoms with Gasteiger partial charge in [-0.3, -0.25) is 0 Å². The van der Waals surface area contributed by atoms with Crippen molar-refractivity contribution in [3.05, 3.63) is 50.1 Å². The lowest BCUT2D eigenvalue weighted by Crippen LogP contribution is -2.19. The first-order valence-electron chi connectivity index (χ1n) is 6.98. The van der Waals surface area contributed by atoms with Crippen molar-refractivity contribution < 1.29 is 4.74 Å². The lowest BCUT2D eigenvalue weighted by atomic mass is 10.0. The van der Waals surface area contributed by atoms with Crippen molar-refractivity contribution in [3.63, 3.8) is 0 Å². The molecule has 0 radical (unpaired) electrons. The Balaban J connectivity index is 1.69. The van der Waals surface area contributed by atoms with Crippen LogP contribution >= 0.6 is 27.3 Å².